The summed E-state index contributed by atoms with van der Waals surface area (Å²) in [5, 5.41) is 21.4. The van der Waals surface area contributed by atoms with Crippen LogP contribution < -0.4 is 5.32 Å². The summed E-state index contributed by atoms with van der Waals surface area (Å²) in [5.74, 6) is -0.750. The maximum absolute atomic E-state index is 10.6. The molecule has 5 heteroatoms. The Balaban J connectivity index is 2.37. The molecular weight excluding hydrogens is 288 g/mol. The average Bonchev–Trinajstić information content (AvgIpc) is 2.43. The third-order valence-corrected chi connectivity index (χ3v) is 3.84. The highest BCUT2D eigenvalue weighted by molar-refractivity contribution is 6.31. The third-order valence-electron chi connectivity index (χ3n) is 3.49. The van der Waals surface area contributed by atoms with E-state index in [-0.39, 0.29) is 11.8 Å². The van der Waals surface area contributed by atoms with E-state index in [0.717, 1.165) is 18.5 Å². The SMILES string of the molecule is CC(C)(CCNCc1ccc(C#N)cc1Cl)CCC(=O)O. The van der Waals surface area contributed by atoms with Gasteiger partial charge in [-0.3, -0.25) is 4.79 Å². The van der Waals surface area contributed by atoms with Crippen molar-refractivity contribution < 1.29 is 9.90 Å². The van der Waals surface area contributed by atoms with Crippen molar-refractivity contribution in [2.75, 3.05) is 6.54 Å². The molecule has 0 amide bonds. The van der Waals surface area contributed by atoms with Crippen LogP contribution in [-0.2, 0) is 11.3 Å². The van der Waals surface area contributed by atoms with Gasteiger partial charge >= 0.3 is 5.97 Å². The smallest absolute Gasteiger partial charge is 0.303 e. The monoisotopic (exact) mass is 308 g/mol. The van der Waals surface area contributed by atoms with Crippen molar-refractivity contribution in [2.24, 2.45) is 5.41 Å². The van der Waals surface area contributed by atoms with Crippen LogP contribution in [-0.4, -0.2) is 17.6 Å². The molecule has 0 saturated heterocycles. The maximum atomic E-state index is 10.6. The van der Waals surface area contributed by atoms with Crippen molar-refractivity contribution in [1.29, 1.82) is 5.26 Å². The van der Waals surface area contributed by atoms with Crippen molar-refractivity contribution in [1.82, 2.24) is 5.32 Å². The first kappa shape index (κ1) is 17.5. The van der Waals surface area contributed by atoms with E-state index in [1.165, 1.54) is 0 Å². The molecule has 0 spiro atoms. The molecule has 114 valence electrons. The lowest BCUT2D eigenvalue weighted by atomic mass is 9.84. The Kier molecular flexibility index (Phi) is 6.67. The molecule has 0 aliphatic rings. The molecule has 0 radical (unpaired) electrons. The lowest BCUT2D eigenvalue weighted by Gasteiger charge is -2.24. The number of halogens is 1. The number of aliphatic carboxylic acids is 1. The maximum Gasteiger partial charge on any atom is 0.303 e. The molecule has 1 rings (SSSR count). The number of nitrogens with zero attached hydrogens (tertiary/aromatic N) is 1. The molecule has 0 aliphatic heterocycles. The first-order valence-electron chi connectivity index (χ1n) is 6.95. The Hall–Kier alpha value is -1.57. The zero-order valence-electron chi connectivity index (χ0n) is 12.4. The topological polar surface area (TPSA) is 73.1 Å². The molecule has 21 heavy (non-hydrogen) atoms. The van der Waals surface area contributed by atoms with E-state index in [9.17, 15) is 4.79 Å². The number of nitrogens with one attached hydrogen (secondary N) is 1. The van der Waals surface area contributed by atoms with Gasteiger partial charge in [0.2, 0.25) is 0 Å². The molecule has 0 bridgehead atoms. The number of benzene rings is 1. The second-order valence-electron chi connectivity index (χ2n) is 5.90. The highest BCUT2D eigenvalue weighted by Gasteiger charge is 2.18. The van der Waals surface area contributed by atoms with Gasteiger partial charge in [0.1, 0.15) is 0 Å². The van der Waals surface area contributed by atoms with Gasteiger partial charge in [0.05, 0.1) is 11.6 Å². The van der Waals surface area contributed by atoms with Crippen LogP contribution in [0.1, 0.15) is 44.2 Å². The Bertz CT molecular complexity index is 536. The zero-order chi connectivity index (χ0) is 15.9. The second-order valence-corrected chi connectivity index (χ2v) is 6.31. The van der Waals surface area contributed by atoms with Crippen LogP contribution in [0.3, 0.4) is 0 Å². The van der Waals surface area contributed by atoms with E-state index < -0.39 is 5.97 Å². The average molecular weight is 309 g/mol. The van der Waals surface area contributed by atoms with Gasteiger partial charge in [0.25, 0.3) is 0 Å². The number of rotatable bonds is 8. The van der Waals surface area contributed by atoms with Crippen LogP contribution >= 0.6 is 11.6 Å². The molecule has 0 atom stereocenters. The van der Waals surface area contributed by atoms with Crippen molar-refractivity contribution in [2.45, 2.75) is 39.7 Å². The number of hydrogen-bond donors (Lipinski definition) is 2. The molecule has 0 unspecified atom stereocenters. The minimum absolute atomic E-state index is 0.000148. The van der Waals surface area contributed by atoms with Gasteiger partial charge in [-0.25, -0.2) is 0 Å². The van der Waals surface area contributed by atoms with E-state index in [0.29, 0.717) is 23.6 Å². The minimum atomic E-state index is -0.750. The fraction of sp³-hybridized carbons (Fsp3) is 0.500. The van der Waals surface area contributed by atoms with E-state index in [2.05, 4.69) is 25.2 Å². The number of carboxylic acids is 1. The summed E-state index contributed by atoms with van der Waals surface area (Å²) >= 11 is 6.11. The highest BCUT2D eigenvalue weighted by atomic mass is 35.5. The van der Waals surface area contributed by atoms with Crippen LogP contribution in [0, 0.1) is 16.7 Å². The lowest BCUT2D eigenvalue weighted by Crippen LogP contribution is -2.23. The molecule has 4 nitrogen and oxygen atoms in total. The van der Waals surface area contributed by atoms with E-state index in [4.69, 9.17) is 22.0 Å². The summed E-state index contributed by atoms with van der Waals surface area (Å²) in [6.07, 6.45) is 1.77. The molecule has 0 aliphatic carbocycles. The van der Waals surface area contributed by atoms with Crippen LogP contribution in [0.5, 0.6) is 0 Å². The summed E-state index contributed by atoms with van der Waals surface area (Å²) in [6.45, 7) is 5.58. The van der Waals surface area contributed by atoms with Crippen molar-refractivity contribution >= 4 is 17.6 Å². The van der Waals surface area contributed by atoms with Gasteiger partial charge in [-0.1, -0.05) is 31.5 Å². The third kappa shape index (κ3) is 6.61. The largest absolute Gasteiger partial charge is 0.481 e. The van der Waals surface area contributed by atoms with Gasteiger partial charge in [-0.15, -0.1) is 0 Å². The molecule has 0 heterocycles. The van der Waals surface area contributed by atoms with Crippen LogP contribution in [0.15, 0.2) is 18.2 Å². The Labute approximate surface area is 130 Å². The van der Waals surface area contributed by atoms with Gasteiger partial charge in [0.15, 0.2) is 0 Å². The van der Waals surface area contributed by atoms with Crippen molar-refractivity contribution in [3.8, 4) is 6.07 Å². The summed E-state index contributed by atoms with van der Waals surface area (Å²) in [6, 6.07) is 7.31. The molecule has 2 N–H and O–H groups in total. The number of carboxylic acid groups (broad SMARTS) is 1. The molecule has 0 fully saturated rings. The van der Waals surface area contributed by atoms with E-state index >= 15 is 0 Å². The van der Waals surface area contributed by atoms with Gasteiger partial charge < -0.3 is 10.4 Å². The van der Waals surface area contributed by atoms with Crippen LogP contribution in [0.25, 0.3) is 0 Å². The number of nitriles is 1. The molecular formula is C16H21ClN2O2. The lowest BCUT2D eigenvalue weighted by molar-refractivity contribution is -0.137. The Morgan fingerprint density at radius 1 is 1.43 bits per heavy atom. The molecule has 1 aromatic carbocycles. The Morgan fingerprint density at radius 3 is 2.71 bits per heavy atom. The Morgan fingerprint density at radius 2 is 2.14 bits per heavy atom. The number of carbonyl (C=O) groups is 1. The van der Waals surface area contributed by atoms with E-state index in [1.807, 2.05) is 6.07 Å². The molecule has 1 aromatic rings. The van der Waals surface area contributed by atoms with Gasteiger partial charge in [-0.05, 0) is 42.5 Å². The second kappa shape index (κ2) is 8.02. The minimum Gasteiger partial charge on any atom is -0.481 e. The summed E-state index contributed by atoms with van der Waals surface area (Å²) < 4.78 is 0. The summed E-state index contributed by atoms with van der Waals surface area (Å²) in [7, 11) is 0. The summed E-state index contributed by atoms with van der Waals surface area (Å²) in [5.41, 5.74) is 1.51. The fourth-order valence-corrected chi connectivity index (χ4v) is 2.23. The predicted molar refractivity (Wildman–Crippen MR) is 83.1 cm³/mol. The standard InChI is InChI=1S/C16H21ClN2O2/c1-16(2,6-5-15(20)21)7-8-19-11-13-4-3-12(10-18)9-14(13)17/h3-4,9,19H,5-8,11H2,1-2H3,(H,20,21). The van der Waals surface area contributed by atoms with Crippen molar-refractivity contribution in [3.05, 3.63) is 34.3 Å². The van der Waals surface area contributed by atoms with E-state index in [1.54, 1.807) is 12.1 Å². The fourth-order valence-electron chi connectivity index (χ4n) is 1.98. The first-order chi connectivity index (χ1) is 9.84. The molecule has 0 saturated carbocycles. The normalized spacial score (nSPS) is 11.1. The van der Waals surface area contributed by atoms with Gasteiger partial charge in [0, 0.05) is 18.0 Å². The predicted octanol–water partition coefficient (Wildman–Crippen LogP) is 3.58. The first-order valence-corrected chi connectivity index (χ1v) is 7.33. The summed E-state index contributed by atoms with van der Waals surface area (Å²) in [4.78, 5) is 10.6. The quantitative estimate of drug-likeness (QED) is 0.720. The zero-order valence-corrected chi connectivity index (χ0v) is 13.2. The van der Waals surface area contributed by atoms with Crippen LogP contribution in [0.2, 0.25) is 5.02 Å². The number of hydrogen-bond acceptors (Lipinski definition) is 3. The van der Waals surface area contributed by atoms with Crippen LogP contribution in [0.4, 0.5) is 0 Å². The van der Waals surface area contributed by atoms with Crippen molar-refractivity contribution in [3.63, 3.8) is 0 Å². The highest BCUT2D eigenvalue weighted by Crippen LogP contribution is 2.26. The van der Waals surface area contributed by atoms with Gasteiger partial charge in [-0.2, -0.15) is 5.26 Å². The molecule has 0 aromatic heterocycles.